The standard InChI is InChI=1S/C90H169NO13/c1-3-5-7-9-11-13-15-17-19-21-23-25-27-29-31-33-35-37-38-39-40-42-44-46-48-50-52-54-56-58-60-62-64-66-68-70-72-74-82(95)91-78(77-101-89-87(100)85(98)88(81(76-93)103-89)104-90-86(99)84(97)83(96)80(75-92)102-90)79(94)73-71-69-67-65-63-61-59-57-55-53-51-49-47-45-43-41-36-34-32-30-28-26-24-22-20-18-16-14-12-10-8-6-4-2/h15,17,21,23,27,29,71,73,78-81,83-90,92-94,96-100H,3-14,16,18-20,22,24-26,28,30-70,72,74-77H2,1-2H3,(H,91,95)/b17-15-,23-21-,29-27-,73-71+. The Hall–Kier alpha value is -2.05. The second kappa shape index (κ2) is 73.7. The van der Waals surface area contributed by atoms with Gasteiger partial charge < -0.3 is 65.1 Å². The number of amides is 1. The molecule has 2 saturated heterocycles. The van der Waals surface area contributed by atoms with E-state index in [9.17, 15) is 45.6 Å². The third-order valence-corrected chi connectivity index (χ3v) is 22.0. The average molecular weight is 1470 g/mol. The number of aliphatic hydroxyl groups is 8. The Labute approximate surface area is 639 Å². The molecule has 0 bridgehead atoms. The van der Waals surface area contributed by atoms with E-state index in [4.69, 9.17) is 18.9 Å². The number of aliphatic hydroxyl groups excluding tert-OH is 8. The van der Waals surface area contributed by atoms with Gasteiger partial charge in [0.2, 0.25) is 5.91 Å². The second-order valence-electron chi connectivity index (χ2n) is 31.7. The summed E-state index contributed by atoms with van der Waals surface area (Å²) >= 11 is 0. The van der Waals surface area contributed by atoms with Crippen molar-refractivity contribution < 1.29 is 64.6 Å². The number of nitrogens with one attached hydrogen (secondary N) is 1. The highest BCUT2D eigenvalue weighted by atomic mass is 16.7. The summed E-state index contributed by atoms with van der Waals surface area (Å²) in [6, 6.07) is -0.916. The molecule has 0 saturated carbocycles. The summed E-state index contributed by atoms with van der Waals surface area (Å²) in [7, 11) is 0. The maximum atomic E-state index is 13.4. The molecule has 2 fully saturated rings. The summed E-state index contributed by atoms with van der Waals surface area (Å²) in [5.41, 5.74) is 0. The predicted octanol–water partition coefficient (Wildman–Crippen LogP) is 21.7. The fourth-order valence-electron chi connectivity index (χ4n) is 15.0. The molecule has 612 valence electrons. The molecule has 0 radical (unpaired) electrons. The molecule has 12 atom stereocenters. The van der Waals surface area contributed by atoms with Crippen molar-refractivity contribution >= 4 is 5.91 Å². The van der Waals surface area contributed by atoms with Crippen molar-refractivity contribution in [3.05, 3.63) is 48.6 Å². The predicted molar refractivity (Wildman–Crippen MR) is 434 cm³/mol. The average Bonchev–Trinajstić information content (AvgIpc) is 0.790. The van der Waals surface area contributed by atoms with Gasteiger partial charge in [0.15, 0.2) is 12.6 Å². The van der Waals surface area contributed by atoms with E-state index in [-0.39, 0.29) is 18.9 Å². The summed E-state index contributed by atoms with van der Waals surface area (Å²) in [5, 5.41) is 87.9. The third-order valence-electron chi connectivity index (χ3n) is 22.0. The van der Waals surface area contributed by atoms with E-state index in [0.717, 1.165) is 51.4 Å². The molecule has 0 aromatic rings. The summed E-state index contributed by atoms with van der Waals surface area (Å²) in [4.78, 5) is 13.4. The number of unbranched alkanes of at least 4 members (excludes halogenated alkanes) is 58. The van der Waals surface area contributed by atoms with Crippen molar-refractivity contribution in [2.75, 3.05) is 19.8 Å². The van der Waals surface area contributed by atoms with Crippen molar-refractivity contribution in [1.82, 2.24) is 5.32 Å². The first-order valence-corrected chi connectivity index (χ1v) is 44.9. The maximum absolute atomic E-state index is 13.4. The van der Waals surface area contributed by atoms with Crippen LogP contribution in [0.2, 0.25) is 0 Å². The van der Waals surface area contributed by atoms with Crippen molar-refractivity contribution in [1.29, 1.82) is 0 Å². The van der Waals surface area contributed by atoms with Crippen LogP contribution < -0.4 is 5.32 Å². The van der Waals surface area contributed by atoms with E-state index >= 15 is 0 Å². The number of hydrogen-bond acceptors (Lipinski definition) is 13. The van der Waals surface area contributed by atoms with Crippen LogP contribution in [0.4, 0.5) is 0 Å². The lowest BCUT2D eigenvalue weighted by Gasteiger charge is -2.46. The Balaban J connectivity index is 1.57. The van der Waals surface area contributed by atoms with E-state index < -0.39 is 86.8 Å². The number of carbonyl (C=O) groups excluding carboxylic acids is 1. The van der Waals surface area contributed by atoms with Gasteiger partial charge in [0.25, 0.3) is 0 Å². The van der Waals surface area contributed by atoms with Crippen molar-refractivity contribution in [2.24, 2.45) is 0 Å². The summed E-state index contributed by atoms with van der Waals surface area (Å²) < 4.78 is 23.0. The SMILES string of the molecule is CCCCCCC/C=C\C/C=C\C/C=C\CCCCCCCCCCCCCCCCCCCCCCCCC(=O)NC(COC1OC(CO)C(OC2OC(CO)C(O)C(O)C2O)C(O)C1O)C(O)/C=C/CCCCCCCCCCCCCCCCCCCCCCCCCCCCCCCCC. The van der Waals surface area contributed by atoms with Crippen molar-refractivity contribution in [3.8, 4) is 0 Å². The van der Waals surface area contributed by atoms with Gasteiger partial charge in [0.05, 0.1) is 32.0 Å². The van der Waals surface area contributed by atoms with Crippen LogP contribution in [0, 0.1) is 0 Å². The minimum absolute atomic E-state index is 0.230. The fraction of sp³-hybridized carbons (Fsp3) is 0.900. The highest BCUT2D eigenvalue weighted by molar-refractivity contribution is 5.76. The number of carbonyl (C=O) groups is 1. The molecule has 9 N–H and O–H groups in total. The van der Waals surface area contributed by atoms with Gasteiger partial charge in [-0.15, -0.1) is 0 Å². The summed E-state index contributed by atoms with van der Waals surface area (Å²) in [5.74, 6) is -0.230. The van der Waals surface area contributed by atoms with Gasteiger partial charge in [-0.05, 0) is 57.8 Å². The summed E-state index contributed by atoms with van der Waals surface area (Å²) in [6.45, 7) is 2.86. The minimum atomic E-state index is -1.79. The van der Waals surface area contributed by atoms with Crippen LogP contribution in [-0.4, -0.2) is 140 Å². The normalized spacial score (nSPS) is 21.6. The van der Waals surface area contributed by atoms with Gasteiger partial charge >= 0.3 is 0 Å². The Kier molecular flexibility index (Phi) is 69.5. The topological polar surface area (TPSA) is 228 Å². The first-order chi connectivity index (χ1) is 51.1. The Morgan fingerprint density at radius 3 is 0.971 bits per heavy atom. The van der Waals surface area contributed by atoms with Gasteiger partial charge in [0.1, 0.15) is 48.8 Å². The first-order valence-electron chi connectivity index (χ1n) is 44.9. The molecule has 12 unspecified atom stereocenters. The minimum Gasteiger partial charge on any atom is -0.394 e. The van der Waals surface area contributed by atoms with Gasteiger partial charge in [-0.1, -0.05) is 409 Å². The molecule has 2 rings (SSSR count). The van der Waals surface area contributed by atoms with Gasteiger partial charge in [-0.25, -0.2) is 0 Å². The zero-order valence-electron chi connectivity index (χ0n) is 67.5. The molecule has 2 heterocycles. The molecule has 2 aliphatic rings. The Morgan fingerprint density at radius 1 is 0.346 bits per heavy atom. The first kappa shape index (κ1) is 98.0. The fourth-order valence-corrected chi connectivity index (χ4v) is 15.0. The lowest BCUT2D eigenvalue weighted by atomic mass is 9.97. The van der Waals surface area contributed by atoms with Crippen LogP contribution in [0.15, 0.2) is 48.6 Å². The van der Waals surface area contributed by atoms with Crippen LogP contribution in [0.1, 0.15) is 425 Å². The van der Waals surface area contributed by atoms with Gasteiger partial charge in [0, 0.05) is 6.42 Å². The van der Waals surface area contributed by atoms with Crippen LogP contribution in [0.25, 0.3) is 0 Å². The second-order valence-corrected chi connectivity index (χ2v) is 31.7. The van der Waals surface area contributed by atoms with E-state index in [1.165, 1.54) is 347 Å². The smallest absolute Gasteiger partial charge is 0.220 e. The molecule has 0 aromatic heterocycles. The zero-order valence-corrected chi connectivity index (χ0v) is 67.5. The molecule has 2 aliphatic heterocycles. The number of allylic oxidation sites excluding steroid dienone is 7. The summed E-state index contributed by atoms with van der Waals surface area (Å²) in [6.07, 6.45) is 83.7. The third kappa shape index (κ3) is 55.4. The Bertz CT molecular complexity index is 1930. The number of hydrogen-bond donors (Lipinski definition) is 9. The van der Waals surface area contributed by atoms with Crippen LogP contribution in [0.5, 0.6) is 0 Å². The van der Waals surface area contributed by atoms with E-state index in [0.29, 0.717) is 6.42 Å². The molecule has 0 aromatic carbocycles. The molecular formula is C90H169NO13. The Morgan fingerprint density at radius 2 is 0.635 bits per heavy atom. The highest BCUT2D eigenvalue weighted by Gasteiger charge is 2.51. The molecule has 0 aliphatic carbocycles. The maximum Gasteiger partial charge on any atom is 0.220 e. The molecule has 14 nitrogen and oxygen atoms in total. The van der Waals surface area contributed by atoms with Crippen LogP contribution in [0.3, 0.4) is 0 Å². The largest absolute Gasteiger partial charge is 0.394 e. The number of ether oxygens (including phenoxy) is 4. The molecule has 1 amide bonds. The van der Waals surface area contributed by atoms with Gasteiger partial charge in [-0.3, -0.25) is 4.79 Å². The highest BCUT2D eigenvalue weighted by Crippen LogP contribution is 2.31. The lowest BCUT2D eigenvalue weighted by molar-refractivity contribution is -0.359. The van der Waals surface area contributed by atoms with E-state index in [1.54, 1.807) is 6.08 Å². The molecular weight excluding hydrogens is 1300 g/mol. The zero-order chi connectivity index (χ0) is 75.1. The molecule has 0 spiro atoms. The van der Waals surface area contributed by atoms with Crippen molar-refractivity contribution in [2.45, 2.75) is 498 Å². The molecule has 104 heavy (non-hydrogen) atoms. The monoisotopic (exact) mass is 1470 g/mol. The van der Waals surface area contributed by atoms with E-state index in [1.807, 2.05) is 6.08 Å². The lowest BCUT2D eigenvalue weighted by Crippen LogP contribution is -2.65. The number of rotatable bonds is 77. The van der Waals surface area contributed by atoms with E-state index in [2.05, 4.69) is 55.6 Å². The van der Waals surface area contributed by atoms with Gasteiger partial charge in [-0.2, -0.15) is 0 Å². The van der Waals surface area contributed by atoms with Crippen LogP contribution >= 0.6 is 0 Å². The van der Waals surface area contributed by atoms with Crippen molar-refractivity contribution in [3.63, 3.8) is 0 Å². The van der Waals surface area contributed by atoms with Crippen LogP contribution in [-0.2, 0) is 23.7 Å². The quantitative estimate of drug-likeness (QED) is 0.0204. The molecule has 14 heteroatoms.